The molecule has 0 aliphatic carbocycles. The summed E-state index contributed by atoms with van der Waals surface area (Å²) in [5.74, 6) is 0. The second-order valence-electron chi connectivity index (χ2n) is 5.93. The van der Waals surface area contributed by atoms with Crippen LogP contribution in [0, 0.1) is 0 Å². The number of halogens is 1. The quantitative estimate of drug-likeness (QED) is 0.708. The van der Waals surface area contributed by atoms with Gasteiger partial charge in [0.1, 0.15) is 11.8 Å². The molecule has 0 aromatic rings. The molecule has 2 aliphatic heterocycles. The molecule has 0 radical (unpaired) electrons. The van der Waals surface area contributed by atoms with E-state index in [2.05, 4.69) is 0 Å². The van der Waals surface area contributed by atoms with Crippen molar-refractivity contribution in [3.63, 3.8) is 0 Å². The van der Waals surface area contributed by atoms with Crippen LogP contribution in [0.4, 0.5) is 9.18 Å². The maximum absolute atomic E-state index is 13.8. The van der Waals surface area contributed by atoms with Gasteiger partial charge in [0.2, 0.25) is 0 Å². The lowest BCUT2D eigenvalue weighted by molar-refractivity contribution is -0.0478. The van der Waals surface area contributed by atoms with Crippen LogP contribution >= 0.6 is 0 Å². The van der Waals surface area contributed by atoms with Gasteiger partial charge in [0.05, 0.1) is 12.1 Å². The average molecular weight is 245 g/mol. The van der Waals surface area contributed by atoms with Crippen molar-refractivity contribution < 1.29 is 19.0 Å². The molecule has 2 unspecified atom stereocenters. The van der Waals surface area contributed by atoms with Gasteiger partial charge in [-0.3, -0.25) is 4.90 Å². The van der Waals surface area contributed by atoms with Gasteiger partial charge < -0.3 is 9.84 Å². The summed E-state index contributed by atoms with van der Waals surface area (Å²) in [6, 6.07) is -0.588. The van der Waals surface area contributed by atoms with Crippen molar-refractivity contribution in [3.8, 4) is 0 Å². The zero-order valence-electron chi connectivity index (χ0n) is 10.5. The number of ether oxygens (including phenoxy) is 1. The Morgan fingerprint density at radius 3 is 2.65 bits per heavy atom. The molecule has 4 atom stereocenters. The van der Waals surface area contributed by atoms with Crippen LogP contribution in [0.3, 0.4) is 0 Å². The Bertz CT molecular complexity index is 315. The highest BCUT2D eigenvalue weighted by Gasteiger charge is 2.50. The first-order valence-electron chi connectivity index (χ1n) is 6.13. The molecule has 17 heavy (non-hydrogen) atoms. The van der Waals surface area contributed by atoms with E-state index in [1.165, 1.54) is 4.90 Å². The average Bonchev–Trinajstić information content (AvgIpc) is 2.51. The number of carbonyl (C=O) groups excluding carboxylic acids is 1. The number of hydrogen-bond donors (Lipinski definition) is 1. The topological polar surface area (TPSA) is 49.8 Å². The van der Waals surface area contributed by atoms with Crippen molar-refractivity contribution in [3.05, 3.63) is 0 Å². The summed E-state index contributed by atoms with van der Waals surface area (Å²) in [5, 5.41) is 9.54. The summed E-state index contributed by atoms with van der Waals surface area (Å²) < 4.78 is 19.1. The van der Waals surface area contributed by atoms with Gasteiger partial charge in [0.25, 0.3) is 0 Å². The summed E-state index contributed by atoms with van der Waals surface area (Å²) in [5.41, 5.74) is -0.571. The molecule has 0 saturated carbocycles. The minimum Gasteiger partial charge on any atom is -0.444 e. The van der Waals surface area contributed by atoms with E-state index in [-0.39, 0.29) is 6.04 Å². The van der Waals surface area contributed by atoms with Crippen LogP contribution in [0.2, 0.25) is 0 Å². The molecular formula is C12H20FNO3. The van der Waals surface area contributed by atoms with Gasteiger partial charge in [-0.2, -0.15) is 0 Å². The minimum atomic E-state index is -1.35. The smallest absolute Gasteiger partial charge is 0.410 e. The van der Waals surface area contributed by atoms with Crippen LogP contribution in [-0.4, -0.2) is 46.1 Å². The van der Waals surface area contributed by atoms with Gasteiger partial charge in [-0.15, -0.1) is 0 Å². The number of piperidine rings is 1. The summed E-state index contributed by atoms with van der Waals surface area (Å²) >= 11 is 0. The summed E-state index contributed by atoms with van der Waals surface area (Å²) in [4.78, 5) is 13.5. The molecule has 2 bridgehead atoms. The molecule has 0 spiro atoms. The maximum atomic E-state index is 13.8. The number of alkyl halides is 1. The first-order valence-corrected chi connectivity index (χ1v) is 6.13. The van der Waals surface area contributed by atoms with E-state index >= 15 is 0 Å². The molecule has 2 aliphatic rings. The molecule has 2 fully saturated rings. The third kappa shape index (κ3) is 2.39. The Kier molecular flexibility index (Phi) is 3.06. The first-order chi connectivity index (χ1) is 7.79. The molecule has 2 saturated heterocycles. The summed E-state index contributed by atoms with van der Waals surface area (Å²) in [6.45, 7) is 5.37. The lowest BCUT2D eigenvalue weighted by Gasteiger charge is -2.39. The standard InChI is InChI=1S/C12H20FNO3/c1-12(2,3)17-11(16)14-7-4-5-8(14)10(13)9(15)6-7/h7-10,15H,4-6H2,1-3H3/t7?,8?,9-,10+/m0/s1. The first kappa shape index (κ1) is 12.6. The van der Waals surface area contributed by atoms with E-state index in [0.29, 0.717) is 12.8 Å². The van der Waals surface area contributed by atoms with Gasteiger partial charge in [-0.25, -0.2) is 9.18 Å². The number of fused-ring (bicyclic) bond motifs is 2. The Morgan fingerprint density at radius 2 is 2.06 bits per heavy atom. The van der Waals surface area contributed by atoms with E-state index in [9.17, 15) is 14.3 Å². The van der Waals surface area contributed by atoms with Crippen molar-refractivity contribution in [1.29, 1.82) is 0 Å². The zero-order chi connectivity index (χ0) is 12.8. The van der Waals surface area contributed by atoms with Crippen molar-refractivity contribution in [2.75, 3.05) is 0 Å². The van der Waals surface area contributed by atoms with Crippen LogP contribution < -0.4 is 0 Å². The third-order valence-electron chi connectivity index (χ3n) is 3.40. The highest BCUT2D eigenvalue weighted by atomic mass is 19.1. The van der Waals surface area contributed by atoms with Crippen molar-refractivity contribution in [2.45, 2.75) is 70.0 Å². The largest absolute Gasteiger partial charge is 0.444 e. The molecule has 2 rings (SSSR count). The number of aliphatic hydroxyl groups excluding tert-OH is 1. The molecule has 4 nitrogen and oxygen atoms in total. The number of aliphatic hydroxyl groups is 1. The second kappa shape index (κ2) is 4.12. The molecule has 2 heterocycles. The number of amides is 1. The van der Waals surface area contributed by atoms with E-state index in [0.717, 1.165) is 6.42 Å². The monoisotopic (exact) mass is 245 g/mol. The number of hydrogen-bond acceptors (Lipinski definition) is 3. The van der Waals surface area contributed by atoms with Gasteiger partial charge in [0.15, 0.2) is 0 Å². The Hall–Kier alpha value is -0.840. The normalized spacial score (nSPS) is 37.1. The molecule has 98 valence electrons. The number of carbonyl (C=O) groups is 1. The zero-order valence-corrected chi connectivity index (χ0v) is 10.5. The van der Waals surface area contributed by atoms with Crippen LogP contribution in [0.5, 0.6) is 0 Å². The SMILES string of the molecule is CC(C)(C)OC(=O)N1C2CCC1[C@@H](F)[C@@H](O)C2. The van der Waals surface area contributed by atoms with Crippen LogP contribution in [0.15, 0.2) is 0 Å². The fraction of sp³-hybridized carbons (Fsp3) is 0.917. The van der Waals surface area contributed by atoms with Gasteiger partial charge in [0, 0.05) is 6.04 Å². The van der Waals surface area contributed by atoms with E-state index in [1.54, 1.807) is 20.8 Å². The summed E-state index contributed by atoms with van der Waals surface area (Å²) in [7, 11) is 0. The lowest BCUT2D eigenvalue weighted by Crippen LogP contribution is -2.55. The Labute approximate surface area is 101 Å². The second-order valence-corrected chi connectivity index (χ2v) is 5.93. The van der Waals surface area contributed by atoms with Crippen LogP contribution in [-0.2, 0) is 4.74 Å². The van der Waals surface area contributed by atoms with E-state index < -0.39 is 30.0 Å². The lowest BCUT2D eigenvalue weighted by atomic mass is 9.98. The van der Waals surface area contributed by atoms with Crippen molar-refractivity contribution in [2.24, 2.45) is 0 Å². The predicted octanol–water partition coefficient (Wildman–Crippen LogP) is 1.86. The van der Waals surface area contributed by atoms with Crippen LogP contribution in [0.1, 0.15) is 40.0 Å². The molecular weight excluding hydrogens is 225 g/mol. The predicted molar refractivity (Wildman–Crippen MR) is 60.4 cm³/mol. The molecule has 1 N–H and O–H groups in total. The van der Waals surface area contributed by atoms with E-state index in [1.807, 2.05) is 0 Å². The molecule has 0 aromatic carbocycles. The van der Waals surface area contributed by atoms with E-state index in [4.69, 9.17) is 4.74 Å². The third-order valence-corrected chi connectivity index (χ3v) is 3.40. The Balaban J connectivity index is 2.10. The maximum Gasteiger partial charge on any atom is 0.410 e. The molecule has 0 aromatic heterocycles. The molecule has 5 heteroatoms. The highest BCUT2D eigenvalue weighted by Crippen LogP contribution is 2.38. The fourth-order valence-electron chi connectivity index (χ4n) is 2.72. The highest BCUT2D eigenvalue weighted by molar-refractivity contribution is 5.69. The number of rotatable bonds is 0. The minimum absolute atomic E-state index is 0.0724. The van der Waals surface area contributed by atoms with Crippen LogP contribution in [0.25, 0.3) is 0 Å². The Morgan fingerprint density at radius 1 is 1.41 bits per heavy atom. The van der Waals surface area contributed by atoms with Gasteiger partial charge in [-0.1, -0.05) is 0 Å². The van der Waals surface area contributed by atoms with Gasteiger partial charge in [-0.05, 0) is 40.0 Å². The van der Waals surface area contributed by atoms with Crippen molar-refractivity contribution in [1.82, 2.24) is 4.90 Å². The van der Waals surface area contributed by atoms with Gasteiger partial charge >= 0.3 is 6.09 Å². The fourth-order valence-corrected chi connectivity index (χ4v) is 2.72. The van der Waals surface area contributed by atoms with Crippen molar-refractivity contribution >= 4 is 6.09 Å². The number of nitrogens with zero attached hydrogens (tertiary/aromatic N) is 1. The summed E-state index contributed by atoms with van der Waals surface area (Å²) in [6.07, 6.45) is -1.06. The molecule has 1 amide bonds.